The van der Waals surface area contributed by atoms with Gasteiger partial charge in [0.05, 0.1) is 0 Å². The van der Waals surface area contributed by atoms with Crippen LogP contribution in [0.1, 0.15) is 33.6 Å². The van der Waals surface area contributed by atoms with E-state index >= 15 is 0 Å². The Kier molecular flexibility index (Phi) is 4.55. The lowest BCUT2D eigenvalue weighted by molar-refractivity contribution is -0.122. The molecule has 0 unspecified atom stereocenters. The minimum absolute atomic E-state index is 0.0179. The molecule has 0 aromatic rings. The summed E-state index contributed by atoms with van der Waals surface area (Å²) in [7, 11) is 0. The van der Waals surface area contributed by atoms with Gasteiger partial charge in [0.25, 0.3) is 0 Å². The quantitative estimate of drug-likeness (QED) is 0.509. The average Bonchev–Trinajstić information content (AvgIpc) is 1.84. The fraction of sp³-hybridized carbons (Fsp3) is 0.778. The Balaban J connectivity index is 3.53. The fourth-order valence-corrected chi connectivity index (χ4v) is 0.815. The van der Waals surface area contributed by atoms with E-state index in [1.807, 2.05) is 20.8 Å². The molecular weight excluding hydrogens is 154 g/mol. The van der Waals surface area contributed by atoms with E-state index in [-0.39, 0.29) is 11.3 Å². The molecule has 0 bridgehead atoms. The van der Waals surface area contributed by atoms with Gasteiger partial charge in [-0.3, -0.25) is 4.79 Å². The first kappa shape index (κ1) is 11.1. The van der Waals surface area contributed by atoms with E-state index in [0.717, 1.165) is 6.29 Å². The number of hydrogen-bond acceptors (Lipinski definition) is 2. The van der Waals surface area contributed by atoms with Gasteiger partial charge in [-0.1, -0.05) is 20.8 Å². The molecule has 12 heavy (non-hydrogen) atoms. The molecule has 70 valence electrons. The average molecular weight is 171 g/mol. The number of amides is 1. The van der Waals surface area contributed by atoms with Gasteiger partial charge in [-0.25, -0.2) is 0 Å². The van der Waals surface area contributed by atoms with Crippen molar-refractivity contribution in [2.45, 2.75) is 33.6 Å². The highest BCUT2D eigenvalue weighted by Crippen LogP contribution is 2.17. The van der Waals surface area contributed by atoms with Gasteiger partial charge in [-0.05, 0) is 5.41 Å². The highest BCUT2D eigenvalue weighted by Gasteiger charge is 2.14. The monoisotopic (exact) mass is 171 g/mol. The SMILES string of the molecule is CC(C)(C)CC(=O)NCCC=O. The molecule has 0 aliphatic heterocycles. The first-order valence-electron chi connectivity index (χ1n) is 4.16. The Labute approximate surface area is 73.5 Å². The van der Waals surface area contributed by atoms with E-state index in [9.17, 15) is 9.59 Å². The highest BCUT2D eigenvalue weighted by molar-refractivity contribution is 5.76. The Bertz CT molecular complexity index is 158. The topological polar surface area (TPSA) is 46.2 Å². The number of aldehydes is 1. The predicted octanol–water partition coefficient (Wildman–Crippen LogP) is 1.13. The maximum Gasteiger partial charge on any atom is 0.220 e. The second kappa shape index (κ2) is 4.91. The summed E-state index contributed by atoms with van der Waals surface area (Å²) in [4.78, 5) is 21.0. The maximum atomic E-state index is 11.1. The molecule has 0 aromatic carbocycles. The molecule has 0 fully saturated rings. The number of hydrogen-bond donors (Lipinski definition) is 1. The number of nitrogens with one attached hydrogen (secondary N) is 1. The third kappa shape index (κ3) is 7.25. The van der Waals surface area contributed by atoms with Crippen LogP contribution in [0.5, 0.6) is 0 Å². The van der Waals surface area contributed by atoms with Crippen LogP contribution in [0, 0.1) is 5.41 Å². The molecule has 0 radical (unpaired) electrons. The van der Waals surface area contributed by atoms with Crippen LogP contribution in [-0.2, 0) is 9.59 Å². The first-order valence-corrected chi connectivity index (χ1v) is 4.16. The number of rotatable bonds is 4. The number of carbonyl (C=O) groups is 2. The molecule has 0 atom stereocenters. The lowest BCUT2D eigenvalue weighted by Crippen LogP contribution is -2.28. The van der Waals surface area contributed by atoms with Crippen molar-refractivity contribution < 1.29 is 9.59 Å². The second-order valence-electron chi connectivity index (χ2n) is 4.04. The molecule has 0 saturated carbocycles. The zero-order valence-electron chi connectivity index (χ0n) is 8.02. The van der Waals surface area contributed by atoms with E-state index in [4.69, 9.17) is 0 Å². The summed E-state index contributed by atoms with van der Waals surface area (Å²) >= 11 is 0. The summed E-state index contributed by atoms with van der Waals surface area (Å²) in [5.74, 6) is 0.0179. The van der Waals surface area contributed by atoms with Gasteiger partial charge < -0.3 is 10.1 Å². The lowest BCUT2D eigenvalue weighted by Gasteiger charge is -2.16. The smallest absolute Gasteiger partial charge is 0.220 e. The summed E-state index contributed by atoms with van der Waals surface area (Å²) in [5.41, 5.74) is 0.0191. The van der Waals surface area contributed by atoms with Crippen LogP contribution in [-0.4, -0.2) is 18.7 Å². The second-order valence-corrected chi connectivity index (χ2v) is 4.04. The third-order valence-electron chi connectivity index (χ3n) is 1.28. The van der Waals surface area contributed by atoms with Crippen LogP contribution in [0.3, 0.4) is 0 Å². The van der Waals surface area contributed by atoms with E-state index in [2.05, 4.69) is 5.32 Å². The standard InChI is InChI=1S/C9H17NO2/c1-9(2,3)7-8(12)10-5-4-6-11/h6H,4-5,7H2,1-3H3,(H,10,12). The largest absolute Gasteiger partial charge is 0.356 e. The van der Waals surface area contributed by atoms with Gasteiger partial charge in [0.15, 0.2) is 0 Å². The van der Waals surface area contributed by atoms with E-state index < -0.39 is 0 Å². The molecule has 0 aliphatic carbocycles. The van der Waals surface area contributed by atoms with Crippen LogP contribution in [0.2, 0.25) is 0 Å². The van der Waals surface area contributed by atoms with Gasteiger partial charge in [0.2, 0.25) is 5.91 Å². The highest BCUT2D eigenvalue weighted by atomic mass is 16.1. The van der Waals surface area contributed by atoms with Gasteiger partial charge in [0, 0.05) is 19.4 Å². The molecule has 0 aromatic heterocycles. The van der Waals surface area contributed by atoms with Crippen LogP contribution in [0.4, 0.5) is 0 Å². The summed E-state index contributed by atoms with van der Waals surface area (Å²) in [6, 6.07) is 0. The molecule has 0 saturated heterocycles. The molecule has 0 aliphatic rings. The van der Waals surface area contributed by atoms with E-state index in [1.165, 1.54) is 0 Å². The lowest BCUT2D eigenvalue weighted by atomic mass is 9.92. The van der Waals surface area contributed by atoms with Crippen LogP contribution < -0.4 is 5.32 Å². The van der Waals surface area contributed by atoms with Crippen molar-refractivity contribution in [3.63, 3.8) is 0 Å². The molecule has 1 N–H and O–H groups in total. The molecule has 3 nitrogen and oxygen atoms in total. The normalized spacial score (nSPS) is 10.9. The third-order valence-corrected chi connectivity index (χ3v) is 1.28. The van der Waals surface area contributed by atoms with Crippen molar-refractivity contribution in [3.05, 3.63) is 0 Å². The van der Waals surface area contributed by atoms with Crippen molar-refractivity contribution in [2.24, 2.45) is 5.41 Å². The van der Waals surface area contributed by atoms with Gasteiger partial charge in [0.1, 0.15) is 6.29 Å². The molecular formula is C9H17NO2. The predicted molar refractivity (Wildman–Crippen MR) is 47.8 cm³/mol. The van der Waals surface area contributed by atoms with Crippen LogP contribution >= 0.6 is 0 Å². The summed E-state index contributed by atoms with van der Waals surface area (Å²) in [6.07, 6.45) is 1.71. The van der Waals surface area contributed by atoms with Crippen molar-refractivity contribution in [2.75, 3.05) is 6.54 Å². The first-order chi connectivity index (χ1) is 5.45. The van der Waals surface area contributed by atoms with Gasteiger partial charge >= 0.3 is 0 Å². The summed E-state index contributed by atoms with van der Waals surface area (Å²) < 4.78 is 0. The Morgan fingerprint density at radius 2 is 2.00 bits per heavy atom. The zero-order valence-corrected chi connectivity index (χ0v) is 8.02. The van der Waals surface area contributed by atoms with Crippen molar-refractivity contribution in [1.29, 1.82) is 0 Å². The Morgan fingerprint density at radius 3 is 2.42 bits per heavy atom. The Hall–Kier alpha value is -0.860. The number of carbonyl (C=O) groups excluding carboxylic acids is 2. The molecule has 3 heteroatoms. The van der Waals surface area contributed by atoms with Crippen molar-refractivity contribution >= 4 is 12.2 Å². The van der Waals surface area contributed by atoms with E-state index in [1.54, 1.807) is 0 Å². The summed E-state index contributed by atoms with van der Waals surface area (Å²) in [6.45, 7) is 6.48. The van der Waals surface area contributed by atoms with Crippen LogP contribution in [0.15, 0.2) is 0 Å². The maximum absolute atomic E-state index is 11.1. The van der Waals surface area contributed by atoms with Crippen LogP contribution in [0.25, 0.3) is 0 Å². The van der Waals surface area contributed by atoms with E-state index in [0.29, 0.717) is 19.4 Å². The van der Waals surface area contributed by atoms with Gasteiger partial charge in [-0.2, -0.15) is 0 Å². The molecule has 0 rings (SSSR count). The van der Waals surface area contributed by atoms with Gasteiger partial charge in [-0.15, -0.1) is 0 Å². The fourth-order valence-electron chi connectivity index (χ4n) is 0.815. The molecule has 0 spiro atoms. The Morgan fingerprint density at radius 1 is 1.42 bits per heavy atom. The minimum atomic E-state index is 0.0179. The summed E-state index contributed by atoms with van der Waals surface area (Å²) in [5, 5.41) is 2.67. The zero-order chi connectivity index (χ0) is 9.61. The molecule has 0 heterocycles. The molecule has 1 amide bonds. The van der Waals surface area contributed by atoms with Crippen molar-refractivity contribution in [1.82, 2.24) is 5.32 Å². The minimum Gasteiger partial charge on any atom is -0.356 e. The van der Waals surface area contributed by atoms with Crippen molar-refractivity contribution in [3.8, 4) is 0 Å².